The predicted octanol–water partition coefficient (Wildman–Crippen LogP) is -0.743. The highest BCUT2D eigenvalue weighted by molar-refractivity contribution is 7.40. The number of aromatic amines is 1. The van der Waals surface area contributed by atoms with Crippen molar-refractivity contribution in [2.24, 2.45) is 0 Å². The third-order valence-electron chi connectivity index (χ3n) is 3.39. The van der Waals surface area contributed by atoms with Gasteiger partial charge in [-0.15, -0.1) is 8.58 Å². The van der Waals surface area contributed by atoms with Crippen molar-refractivity contribution in [3.63, 3.8) is 0 Å². The van der Waals surface area contributed by atoms with Crippen LogP contribution < -0.4 is 11.2 Å². The molecule has 2 heterocycles. The molecule has 1 aromatic rings. The number of aliphatic hydroxyl groups is 1. The Balaban J connectivity index is 2.19. The summed E-state index contributed by atoms with van der Waals surface area (Å²) in [6.07, 6.45) is 0.769. The molecule has 1 aromatic heterocycles. The number of nitrogens with one attached hydrogen (secondary N) is 1. The zero-order valence-corrected chi connectivity index (χ0v) is 12.4. The van der Waals surface area contributed by atoms with Gasteiger partial charge in [0, 0.05) is 23.8 Å². The molecule has 0 saturated carbocycles. The Morgan fingerprint density at radius 1 is 1.57 bits per heavy atom. The fraction of sp³-hybridized carbons (Fsp3) is 0.583. The molecule has 4 atom stereocenters. The van der Waals surface area contributed by atoms with Gasteiger partial charge in [-0.25, -0.2) is 4.79 Å². The number of aliphatic carboxylic acids is 1. The second-order valence-corrected chi connectivity index (χ2v) is 6.41. The molecule has 1 saturated heterocycles. The highest BCUT2D eigenvalue weighted by Crippen LogP contribution is 2.38. The average Bonchev–Trinajstić information content (AvgIpc) is 2.83. The van der Waals surface area contributed by atoms with Crippen LogP contribution >= 0.6 is 8.58 Å². The molecular weight excluding hydrogens is 299 g/mol. The first kappa shape index (κ1) is 15.9. The number of H-pyrrole nitrogens is 1. The summed E-state index contributed by atoms with van der Waals surface area (Å²) in [6.45, 7) is 1.35. The van der Waals surface area contributed by atoms with Crippen molar-refractivity contribution >= 4 is 14.6 Å². The second-order valence-electron chi connectivity index (χ2n) is 4.91. The van der Waals surface area contributed by atoms with E-state index in [1.54, 1.807) is 6.92 Å². The minimum Gasteiger partial charge on any atom is -0.481 e. The van der Waals surface area contributed by atoms with E-state index in [1.165, 1.54) is 10.8 Å². The van der Waals surface area contributed by atoms with Crippen molar-refractivity contribution in [3.05, 3.63) is 32.6 Å². The summed E-state index contributed by atoms with van der Waals surface area (Å²) in [5, 5.41) is 18.1. The highest BCUT2D eigenvalue weighted by Gasteiger charge is 2.36. The van der Waals surface area contributed by atoms with Gasteiger partial charge in [0.1, 0.15) is 6.23 Å². The van der Waals surface area contributed by atoms with Gasteiger partial charge in [-0.05, 0) is 6.92 Å². The molecule has 21 heavy (non-hydrogen) atoms. The second kappa shape index (κ2) is 6.51. The van der Waals surface area contributed by atoms with Crippen molar-refractivity contribution in [3.8, 4) is 0 Å². The number of aliphatic hydroxyl groups excluding tert-OH is 1. The monoisotopic (exact) mass is 316 g/mol. The lowest BCUT2D eigenvalue weighted by molar-refractivity contribution is -0.134. The Morgan fingerprint density at radius 3 is 2.90 bits per heavy atom. The average molecular weight is 316 g/mol. The van der Waals surface area contributed by atoms with Crippen LogP contribution in [0.25, 0.3) is 0 Å². The third kappa shape index (κ3) is 3.58. The summed E-state index contributed by atoms with van der Waals surface area (Å²) in [4.78, 5) is 36.0. The molecule has 3 N–H and O–H groups in total. The summed E-state index contributed by atoms with van der Waals surface area (Å²) in [7, 11) is 0.104. The van der Waals surface area contributed by atoms with Crippen LogP contribution in [0.1, 0.15) is 18.2 Å². The van der Waals surface area contributed by atoms with Gasteiger partial charge in [0.05, 0.1) is 18.9 Å². The minimum atomic E-state index is -0.898. The topological polar surface area (TPSA) is 122 Å². The van der Waals surface area contributed by atoms with Crippen LogP contribution in [0.5, 0.6) is 0 Å². The van der Waals surface area contributed by atoms with E-state index >= 15 is 0 Å². The lowest BCUT2D eigenvalue weighted by Gasteiger charge is -2.15. The lowest BCUT2D eigenvalue weighted by Crippen LogP contribution is -2.33. The third-order valence-corrected chi connectivity index (χ3v) is 5.03. The van der Waals surface area contributed by atoms with E-state index in [2.05, 4.69) is 4.98 Å². The number of hydrogen-bond acceptors (Lipinski definition) is 5. The van der Waals surface area contributed by atoms with E-state index < -0.39 is 29.6 Å². The van der Waals surface area contributed by atoms with E-state index in [4.69, 9.17) is 9.84 Å². The van der Waals surface area contributed by atoms with Crippen molar-refractivity contribution in [2.75, 3.05) is 12.8 Å². The number of nitrogens with zero attached hydrogens (tertiary/aromatic N) is 1. The van der Waals surface area contributed by atoms with Gasteiger partial charge in [-0.2, -0.15) is 0 Å². The number of rotatable bonds is 5. The molecular formula is C12H17N2O6P. The highest BCUT2D eigenvalue weighted by atomic mass is 31.1. The molecule has 0 aromatic carbocycles. The van der Waals surface area contributed by atoms with Gasteiger partial charge in [-0.3, -0.25) is 19.1 Å². The normalized spacial score (nSPS) is 25.7. The van der Waals surface area contributed by atoms with Gasteiger partial charge in [-0.1, -0.05) is 0 Å². The number of aryl methyl sites for hydroxylation is 1. The molecule has 1 fully saturated rings. The SMILES string of the molecule is Cc1cn(C2CC(PCC(=O)O)C(CO)O2)c(=O)[nH]c1=O. The van der Waals surface area contributed by atoms with Crippen LogP contribution in [0.2, 0.25) is 0 Å². The quantitative estimate of drug-likeness (QED) is 0.615. The maximum Gasteiger partial charge on any atom is 0.330 e. The number of carboxylic acids is 1. The van der Waals surface area contributed by atoms with E-state index in [0.29, 0.717) is 12.0 Å². The van der Waals surface area contributed by atoms with Crippen molar-refractivity contribution in [1.82, 2.24) is 9.55 Å². The van der Waals surface area contributed by atoms with Gasteiger partial charge < -0.3 is 14.9 Å². The van der Waals surface area contributed by atoms with E-state index in [9.17, 15) is 19.5 Å². The molecule has 0 radical (unpaired) electrons. The molecule has 0 bridgehead atoms. The number of aromatic nitrogens is 2. The first-order chi connectivity index (χ1) is 9.92. The van der Waals surface area contributed by atoms with Crippen LogP contribution in [0.15, 0.2) is 15.8 Å². The molecule has 0 spiro atoms. The molecule has 0 aliphatic carbocycles. The molecule has 0 amide bonds. The molecule has 9 heteroatoms. The Labute approximate surface area is 121 Å². The zero-order valence-electron chi connectivity index (χ0n) is 11.4. The fourth-order valence-electron chi connectivity index (χ4n) is 2.30. The summed E-state index contributed by atoms with van der Waals surface area (Å²) in [5.41, 5.74) is -0.753. The summed E-state index contributed by atoms with van der Waals surface area (Å²) < 4.78 is 6.90. The number of carbonyl (C=O) groups is 1. The Bertz CT molecular complexity index is 639. The Hall–Kier alpha value is -1.50. The van der Waals surface area contributed by atoms with Crippen LogP contribution in [0.3, 0.4) is 0 Å². The van der Waals surface area contributed by atoms with Crippen molar-refractivity contribution in [1.29, 1.82) is 0 Å². The van der Waals surface area contributed by atoms with E-state index in [0.717, 1.165) is 0 Å². The summed E-state index contributed by atoms with van der Waals surface area (Å²) in [6, 6.07) is 0. The van der Waals surface area contributed by atoms with Gasteiger partial charge >= 0.3 is 11.7 Å². The van der Waals surface area contributed by atoms with Crippen LogP contribution in [0.4, 0.5) is 0 Å². The zero-order chi connectivity index (χ0) is 15.6. The van der Waals surface area contributed by atoms with Gasteiger partial charge in [0.2, 0.25) is 0 Å². The number of hydrogen-bond donors (Lipinski definition) is 3. The molecule has 8 nitrogen and oxygen atoms in total. The minimum absolute atomic E-state index is 0.0107. The first-order valence-corrected chi connectivity index (χ1v) is 7.74. The standard InChI is InChI=1S/C12H17N2O6P/c1-6-3-14(12(19)13-11(6)18)9-2-8(7(4-15)20-9)21-5-10(16)17/h3,7-9,15,21H,2,4-5H2,1H3,(H,16,17)(H,13,18,19). The summed E-state index contributed by atoms with van der Waals surface area (Å²) in [5.74, 6) is -0.898. The molecule has 2 rings (SSSR count). The number of ether oxygens (including phenoxy) is 1. The van der Waals surface area contributed by atoms with E-state index in [-0.39, 0.29) is 27.0 Å². The maximum absolute atomic E-state index is 11.8. The maximum atomic E-state index is 11.8. The first-order valence-electron chi connectivity index (χ1n) is 6.46. The van der Waals surface area contributed by atoms with Crippen LogP contribution in [-0.4, -0.2) is 50.3 Å². The molecule has 4 unspecified atom stereocenters. The molecule has 1 aliphatic rings. The van der Waals surface area contributed by atoms with Crippen LogP contribution in [-0.2, 0) is 9.53 Å². The summed E-state index contributed by atoms with van der Waals surface area (Å²) >= 11 is 0. The van der Waals surface area contributed by atoms with Gasteiger partial charge in [0.25, 0.3) is 5.56 Å². The Morgan fingerprint density at radius 2 is 2.29 bits per heavy atom. The predicted molar refractivity (Wildman–Crippen MR) is 76.3 cm³/mol. The lowest BCUT2D eigenvalue weighted by atomic mass is 10.2. The molecule has 1 aliphatic heterocycles. The largest absolute Gasteiger partial charge is 0.481 e. The van der Waals surface area contributed by atoms with Crippen molar-refractivity contribution < 1.29 is 19.7 Å². The smallest absolute Gasteiger partial charge is 0.330 e. The Kier molecular flexibility index (Phi) is 4.92. The van der Waals surface area contributed by atoms with Crippen molar-refractivity contribution in [2.45, 2.75) is 31.3 Å². The molecule has 116 valence electrons. The van der Waals surface area contributed by atoms with E-state index in [1.807, 2.05) is 0 Å². The van der Waals surface area contributed by atoms with Crippen LogP contribution in [0, 0.1) is 6.92 Å². The van der Waals surface area contributed by atoms with Gasteiger partial charge in [0.15, 0.2) is 0 Å². The number of carboxylic acid groups (broad SMARTS) is 1. The fourth-order valence-corrected chi connectivity index (χ4v) is 3.56.